The molecule has 0 aliphatic heterocycles. The number of aromatic nitrogens is 1. The lowest BCUT2D eigenvalue weighted by atomic mass is 10.2. The zero-order valence-corrected chi connectivity index (χ0v) is 20.7. The third-order valence-electron chi connectivity index (χ3n) is 4.87. The molecule has 168 valence electrons. The minimum atomic E-state index is -3.56. The number of carbonyl (C=O) groups excluding carboxylic acids is 1. The van der Waals surface area contributed by atoms with Crippen LogP contribution in [0, 0.1) is 0 Å². The van der Waals surface area contributed by atoms with Crippen LogP contribution in [-0.2, 0) is 9.84 Å². The zero-order chi connectivity index (χ0) is 21.9. The number of nitrogens with zero attached hydrogens (tertiary/aromatic N) is 3. The van der Waals surface area contributed by atoms with Crippen molar-refractivity contribution in [1.82, 2.24) is 9.88 Å². The molecular formula is C21H25Cl2N3O3S2. The second-order valence-corrected chi connectivity index (χ2v) is 10.3. The number of thiazole rings is 1. The van der Waals surface area contributed by atoms with E-state index in [1.165, 1.54) is 17.4 Å². The van der Waals surface area contributed by atoms with Crippen LogP contribution in [0.1, 0.15) is 24.2 Å². The van der Waals surface area contributed by atoms with Gasteiger partial charge in [0, 0.05) is 24.4 Å². The molecule has 0 aliphatic carbocycles. The van der Waals surface area contributed by atoms with Gasteiger partial charge in [0.2, 0.25) is 0 Å². The molecule has 6 nitrogen and oxygen atoms in total. The van der Waals surface area contributed by atoms with Gasteiger partial charge in [0.15, 0.2) is 15.0 Å². The Kier molecular flexibility index (Phi) is 8.85. The maximum atomic E-state index is 13.5. The van der Waals surface area contributed by atoms with Crippen molar-refractivity contribution < 1.29 is 13.2 Å². The van der Waals surface area contributed by atoms with Gasteiger partial charge in [0.1, 0.15) is 0 Å². The molecule has 0 unspecified atom stereocenters. The first-order valence-corrected chi connectivity index (χ1v) is 12.7. The Labute approximate surface area is 198 Å². The van der Waals surface area contributed by atoms with Crippen molar-refractivity contribution in [3.8, 4) is 0 Å². The summed E-state index contributed by atoms with van der Waals surface area (Å²) < 4.78 is 25.4. The fourth-order valence-corrected chi connectivity index (χ4v) is 5.33. The minimum Gasteiger partial charge on any atom is -0.302 e. The van der Waals surface area contributed by atoms with E-state index in [9.17, 15) is 13.2 Å². The van der Waals surface area contributed by atoms with Gasteiger partial charge in [-0.3, -0.25) is 9.69 Å². The third-order valence-corrected chi connectivity index (χ3v) is 7.30. The average Bonchev–Trinajstić information content (AvgIpc) is 3.13. The molecule has 0 saturated heterocycles. The van der Waals surface area contributed by atoms with Crippen LogP contribution >= 0.6 is 35.3 Å². The van der Waals surface area contributed by atoms with Crippen LogP contribution in [0.2, 0.25) is 5.02 Å². The van der Waals surface area contributed by atoms with E-state index in [4.69, 9.17) is 11.6 Å². The van der Waals surface area contributed by atoms with Crippen LogP contribution < -0.4 is 4.90 Å². The number of benzene rings is 2. The van der Waals surface area contributed by atoms with E-state index in [1.807, 2.05) is 12.1 Å². The van der Waals surface area contributed by atoms with Crippen molar-refractivity contribution in [3.05, 3.63) is 53.1 Å². The smallest absolute Gasteiger partial charge is 0.261 e. The van der Waals surface area contributed by atoms with E-state index < -0.39 is 9.84 Å². The highest BCUT2D eigenvalue weighted by Crippen LogP contribution is 2.32. The maximum absolute atomic E-state index is 13.5. The Balaban J connectivity index is 0.00000341. The Hall–Kier alpha value is -1.71. The van der Waals surface area contributed by atoms with Crippen molar-refractivity contribution in [3.63, 3.8) is 0 Å². The molecule has 0 bridgehead atoms. The monoisotopic (exact) mass is 501 g/mol. The van der Waals surface area contributed by atoms with E-state index in [2.05, 4.69) is 23.7 Å². The lowest BCUT2D eigenvalue weighted by Gasteiger charge is -2.25. The Morgan fingerprint density at radius 1 is 1.10 bits per heavy atom. The number of hydrogen-bond donors (Lipinski definition) is 0. The molecule has 0 aliphatic rings. The number of anilines is 1. The molecule has 10 heteroatoms. The number of carbonyl (C=O) groups is 1. The highest BCUT2D eigenvalue weighted by Gasteiger charge is 2.26. The number of fused-ring (bicyclic) bond motifs is 1. The van der Waals surface area contributed by atoms with Gasteiger partial charge in [0.05, 0.1) is 20.7 Å². The van der Waals surface area contributed by atoms with E-state index in [0.717, 1.165) is 29.6 Å². The fraction of sp³-hybridized carbons (Fsp3) is 0.333. The molecule has 0 fully saturated rings. The van der Waals surface area contributed by atoms with Crippen LogP contribution in [0.5, 0.6) is 0 Å². The number of halogens is 2. The number of amides is 1. The quantitative estimate of drug-likeness (QED) is 0.444. The fourth-order valence-electron chi connectivity index (χ4n) is 3.18. The Morgan fingerprint density at radius 2 is 1.77 bits per heavy atom. The zero-order valence-electron chi connectivity index (χ0n) is 17.5. The first-order chi connectivity index (χ1) is 14.2. The summed E-state index contributed by atoms with van der Waals surface area (Å²) >= 11 is 7.47. The summed E-state index contributed by atoms with van der Waals surface area (Å²) in [4.78, 5) is 21.9. The first-order valence-electron chi connectivity index (χ1n) is 9.64. The molecule has 1 aromatic heterocycles. The van der Waals surface area contributed by atoms with Crippen molar-refractivity contribution in [2.24, 2.45) is 0 Å². The summed E-state index contributed by atoms with van der Waals surface area (Å²) in [7, 11) is -3.56. The first kappa shape index (κ1) is 25.5. The number of likely N-dealkylation sites (N-methyl/N-ethyl adjacent to an activating group) is 1. The van der Waals surface area contributed by atoms with Crippen molar-refractivity contribution in [1.29, 1.82) is 0 Å². The summed E-state index contributed by atoms with van der Waals surface area (Å²) in [6, 6.07) is 11.7. The topological polar surface area (TPSA) is 70.6 Å². The van der Waals surface area contributed by atoms with Gasteiger partial charge in [-0.05, 0) is 43.4 Å². The SMILES string of the molecule is CCN(CC)CCN(C(=O)c1ccccc1S(C)(=O)=O)c1nc2ccc(Cl)cc2s1.Cl. The highest BCUT2D eigenvalue weighted by atomic mass is 35.5. The van der Waals surface area contributed by atoms with Gasteiger partial charge >= 0.3 is 0 Å². The molecule has 0 radical (unpaired) electrons. The van der Waals surface area contributed by atoms with Gasteiger partial charge < -0.3 is 4.90 Å². The van der Waals surface area contributed by atoms with Crippen LogP contribution in [0.3, 0.4) is 0 Å². The Morgan fingerprint density at radius 3 is 2.42 bits per heavy atom. The van der Waals surface area contributed by atoms with Gasteiger partial charge in [-0.25, -0.2) is 13.4 Å². The predicted molar refractivity (Wildman–Crippen MR) is 131 cm³/mol. The standard InChI is InChI=1S/C21H24ClN3O3S2.ClH/c1-4-24(5-2)12-13-25(21-23-17-11-10-15(22)14-18(17)29-21)20(26)16-8-6-7-9-19(16)30(3,27)28;/h6-11,14H,4-5,12-13H2,1-3H3;1H. The number of rotatable bonds is 8. The van der Waals surface area contributed by atoms with E-state index >= 15 is 0 Å². The van der Waals surface area contributed by atoms with Gasteiger partial charge in [0.25, 0.3) is 5.91 Å². The molecule has 1 heterocycles. The summed E-state index contributed by atoms with van der Waals surface area (Å²) in [6.45, 7) is 6.88. The van der Waals surface area contributed by atoms with E-state index in [-0.39, 0.29) is 28.8 Å². The van der Waals surface area contributed by atoms with Crippen molar-refractivity contribution in [2.75, 3.05) is 37.3 Å². The molecule has 0 atom stereocenters. The maximum Gasteiger partial charge on any atom is 0.261 e. The second kappa shape index (κ2) is 10.7. The minimum absolute atomic E-state index is 0. The summed E-state index contributed by atoms with van der Waals surface area (Å²) in [5.41, 5.74) is 0.897. The van der Waals surface area contributed by atoms with Crippen LogP contribution in [-0.4, -0.2) is 56.6 Å². The van der Waals surface area contributed by atoms with Crippen LogP contribution in [0.4, 0.5) is 5.13 Å². The molecule has 0 spiro atoms. The summed E-state index contributed by atoms with van der Waals surface area (Å²) in [6.07, 6.45) is 1.11. The van der Waals surface area contributed by atoms with Gasteiger partial charge in [-0.15, -0.1) is 12.4 Å². The largest absolute Gasteiger partial charge is 0.302 e. The van der Waals surface area contributed by atoms with Gasteiger partial charge in [-0.1, -0.05) is 48.9 Å². The van der Waals surface area contributed by atoms with Crippen molar-refractivity contribution in [2.45, 2.75) is 18.7 Å². The molecule has 0 saturated carbocycles. The summed E-state index contributed by atoms with van der Waals surface area (Å²) in [5, 5.41) is 1.12. The molecule has 31 heavy (non-hydrogen) atoms. The number of hydrogen-bond acceptors (Lipinski definition) is 6. The summed E-state index contributed by atoms with van der Waals surface area (Å²) in [5.74, 6) is -0.381. The molecule has 3 aromatic rings. The average molecular weight is 502 g/mol. The van der Waals surface area contributed by atoms with E-state index in [0.29, 0.717) is 23.2 Å². The van der Waals surface area contributed by atoms with Crippen molar-refractivity contribution >= 4 is 66.4 Å². The lowest BCUT2D eigenvalue weighted by molar-refractivity contribution is 0.0980. The van der Waals surface area contributed by atoms with Crippen LogP contribution in [0.15, 0.2) is 47.4 Å². The third kappa shape index (κ3) is 5.96. The Bertz CT molecular complexity index is 1160. The number of sulfone groups is 1. The predicted octanol–water partition coefficient (Wildman–Crippen LogP) is 4.76. The van der Waals surface area contributed by atoms with E-state index in [1.54, 1.807) is 29.2 Å². The normalized spacial score (nSPS) is 11.5. The molecule has 0 N–H and O–H groups in total. The molecule has 3 rings (SSSR count). The highest BCUT2D eigenvalue weighted by molar-refractivity contribution is 7.90. The molecule has 2 aromatic carbocycles. The molecular weight excluding hydrogens is 477 g/mol. The second-order valence-electron chi connectivity index (χ2n) is 6.86. The van der Waals surface area contributed by atoms with Gasteiger partial charge in [-0.2, -0.15) is 0 Å². The lowest BCUT2D eigenvalue weighted by Crippen LogP contribution is -2.39. The van der Waals surface area contributed by atoms with Crippen LogP contribution in [0.25, 0.3) is 10.2 Å². The molecule has 1 amide bonds.